The van der Waals surface area contributed by atoms with Crippen molar-refractivity contribution in [1.82, 2.24) is 9.55 Å². The average molecular weight is 380 g/mol. The van der Waals surface area contributed by atoms with Crippen molar-refractivity contribution in [2.24, 2.45) is 5.92 Å². The van der Waals surface area contributed by atoms with E-state index in [0.717, 1.165) is 28.0 Å². The highest BCUT2D eigenvalue weighted by Crippen LogP contribution is 2.22. The molecule has 0 aliphatic heterocycles. The van der Waals surface area contributed by atoms with E-state index in [4.69, 9.17) is 14.5 Å². The third kappa shape index (κ3) is 4.71. The van der Waals surface area contributed by atoms with Gasteiger partial charge in [-0.15, -0.1) is 0 Å². The van der Waals surface area contributed by atoms with Gasteiger partial charge in [0.05, 0.1) is 6.61 Å². The summed E-state index contributed by atoms with van der Waals surface area (Å²) in [6.07, 6.45) is -0.646. The zero-order chi connectivity index (χ0) is 20.3. The van der Waals surface area contributed by atoms with Gasteiger partial charge in [-0.1, -0.05) is 26.0 Å². The summed E-state index contributed by atoms with van der Waals surface area (Å²) < 4.78 is 13.3. The number of aryl methyl sites for hydroxylation is 2. The molecule has 0 unspecified atom stereocenters. The Kier molecular flexibility index (Phi) is 6.02. The normalized spacial score (nSPS) is 12.4. The predicted molar refractivity (Wildman–Crippen MR) is 111 cm³/mol. The van der Waals surface area contributed by atoms with Crippen LogP contribution in [0.25, 0.3) is 11.0 Å². The summed E-state index contributed by atoms with van der Waals surface area (Å²) >= 11 is 0. The summed E-state index contributed by atoms with van der Waals surface area (Å²) in [6, 6.07) is 14.1. The lowest BCUT2D eigenvalue weighted by Crippen LogP contribution is -2.27. The Bertz CT molecular complexity index is 975. The molecule has 2 aromatic heterocycles. The summed E-state index contributed by atoms with van der Waals surface area (Å²) in [5.74, 6) is 0.618. The lowest BCUT2D eigenvalue weighted by molar-refractivity contribution is -0.152. The third-order valence-electron chi connectivity index (χ3n) is 4.53. The molecule has 148 valence electrons. The molecule has 0 bridgehead atoms. The Labute approximate surface area is 166 Å². The molecular weight excluding hydrogens is 352 g/mol. The number of aromatic nitrogens is 2. The highest BCUT2D eigenvalue weighted by molar-refractivity contribution is 5.77. The van der Waals surface area contributed by atoms with Crippen LogP contribution in [0.2, 0.25) is 0 Å². The molecule has 5 nitrogen and oxygen atoms in total. The van der Waals surface area contributed by atoms with Gasteiger partial charge in [0.1, 0.15) is 11.4 Å². The van der Waals surface area contributed by atoms with Gasteiger partial charge in [-0.05, 0) is 62.6 Å². The molecule has 0 saturated carbocycles. The minimum absolute atomic E-state index is 0.302. The molecule has 2 heterocycles. The predicted octanol–water partition coefficient (Wildman–Crippen LogP) is 4.67. The van der Waals surface area contributed by atoms with Crippen molar-refractivity contribution in [3.8, 4) is 5.75 Å². The van der Waals surface area contributed by atoms with Gasteiger partial charge in [-0.3, -0.25) is 0 Å². The molecule has 0 fully saturated rings. The van der Waals surface area contributed by atoms with Gasteiger partial charge in [0.2, 0.25) is 0 Å². The highest BCUT2D eigenvalue weighted by Gasteiger charge is 2.17. The molecule has 3 rings (SSSR count). The van der Waals surface area contributed by atoms with Crippen molar-refractivity contribution in [3.05, 3.63) is 59.4 Å². The number of nitrogens with zero attached hydrogens (tertiary/aromatic N) is 2. The second-order valence-corrected chi connectivity index (χ2v) is 7.67. The zero-order valence-electron chi connectivity index (χ0n) is 17.2. The Balaban J connectivity index is 1.74. The Morgan fingerprint density at radius 3 is 2.64 bits per heavy atom. The molecule has 0 aliphatic carbocycles. The van der Waals surface area contributed by atoms with Crippen molar-refractivity contribution in [2.75, 3.05) is 6.61 Å². The fourth-order valence-corrected chi connectivity index (χ4v) is 3.07. The van der Waals surface area contributed by atoms with Gasteiger partial charge in [-0.2, -0.15) is 0 Å². The standard InChI is InChI=1S/C23H28N2O3/c1-15(2)14-27-23(26)18(5)28-21-8-6-7-19(12-21)13-25-17(4)11-20-10-9-16(3)24-22(20)25/h6-12,15,18H,13-14H2,1-5H3/t18-/m0/s1. The Morgan fingerprint density at radius 1 is 1.11 bits per heavy atom. The van der Waals surface area contributed by atoms with E-state index in [-0.39, 0.29) is 5.97 Å². The molecule has 1 atom stereocenters. The fourth-order valence-electron chi connectivity index (χ4n) is 3.07. The molecular formula is C23H28N2O3. The monoisotopic (exact) mass is 380 g/mol. The van der Waals surface area contributed by atoms with Gasteiger partial charge in [0.25, 0.3) is 0 Å². The number of esters is 1. The number of rotatable bonds is 7. The maximum Gasteiger partial charge on any atom is 0.347 e. The highest BCUT2D eigenvalue weighted by atomic mass is 16.6. The topological polar surface area (TPSA) is 53.4 Å². The Morgan fingerprint density at radius 2 is 1.89 bits per heavy atom. The molecule has 0 spiro atoms. The smallest absolute Gasteiger partial charge is 0.347 e. The van der Waals surface area contributed by atoms with Crippen LogP contribution in [0.1, 0.15) is 37.7 Å². The van der Waals surface area contributed by atoms with E-state index in [2.05, 4.69) is 29.7 Å². The van der Waals surface area contributed by atoms with Crippen molar-refractivity contribution < 1.29 is 14.3 Å². The number of benzene rings is 1. The fraction of sp³-hybridized carbons (Fsp3) is 0.391. The molecule has 1 aromatic carbocycles. The number of pyridine rings is 1. The minimum atomic E-state index is -0.646. The first-order valence-corrected chi connectivity index (χ1v) is 9.69. The van der Waals surface area contributed by atoms with Crippen LogP contribution in [0.3, 0.4) is 0 Å². The van der Waals surface area contributed by atoms with Gasteiger partial charge in [0, 0.05) is 23.3 Å². The van der Waals surface area contributed by atoms with Crippen LogP contribution >= 0.6 is 0 Å². The number of carbonyl (C=O) groups is 1. The second-order valence-electron chi connectivity index (χ2n) is 7.67. The minimum Gasteiger partial charge on any atom is -0.479 e. The molecule has 0 saturated heterocycles. The van der Waals surface area contributed by atoms with Crippen LogP contribution in [0.4, 0.5) is 0 Å². The SMILES string of the molecule is Cc1ccc2cc(C)n(Cc3cccc(O[C@@H](C)C(=O)OCC(C)C)c3)c2n1. The first-order valence-electron chi connectivity index (χ1n) is 9.69. The molecule has 5 heteroatoms. The summed E-state index contributed by atoms with van der Waals surface area (Å²) in [6.45, 7) is 10.9. The average Bonchev–Trinajstić information content (AvgIpc) is 2.95. The van der Waals surface area contributed by atoms with E-state index in [1.807, 2.05) is 45.0 Å². The first-order chi connectivity index (χ1) is 13.3. The number of ether oxygens (including phenoxy) is 2. The molecule has 0 amide bonds. The lowest BCUT2D eigenvalue weighted by Gasteiger charge is -2.16. The van der Waals surface area contributed by atoms with Gasteiger partial charge < -0.3 is 14.0 Å². The van der Waals surface area contributed by atoms with E-state index < -0.39 is 6.10 Å². The zero-order valence-corrected chi connectivity index (χ0v) is 17.2. The molecule has 0 N–H and O–H groups in total. The van der Waals surface area contributed by atoms with Crippen LogP contribution in [-0.4, -0.2) is 28.2 Å². The molecule has 28 heavy (non-hydrogen) atoms. The van der Waals surface area contributed by atoms with Crippen molar-refractivity contribution in [1.29, 1.82) is 0 Å². The van der Waals surface area contributed by atoms with Crippen molar-refractivity contribution in [3.63, 3.8) is 0 Å². The van der Waals surface area contributed by atoms with E-state index in [0.29, 0.717) is 24.8 Å². The van der Waals surface area contributed by atoms with Crippen LogP contribution in [0.5, 0.6) is 5.75 Å². The molecule has 0 radical (unpaired) electrons. The number of hydrogen-bond acceptors (Lipinski definition) is 4. The third-order valence-corrected chi connectivity index (χ3v) is 4.53. The van der Waals surface area contributed by atoms with E-state index in [1.165, 1.54) is 0 Å². The summed E-state index contributed by atoms with van der Waals surface area (Å²) in [5.41, 5.74) is 4.22. The van der Waals surface area contributed by atoms with Gasteiger partial charge in [-0.25, -0.2) is 9.78 Å². The molecule has 3 aromatic rings. The van der Waals surface area contributed by atoms with Crippen LogP contribution in [0.15, 0.2) is 42.5 Å². The lowest BCUT2D eigenvalue weighted by atomic mass is 10.2. The number of hydrogen-bond donors (Lipinski definition) is 0. The largest absolute Gasteiger partial charge is 0.479 e. The van der Waals surface area contributed by atoms with Gasteiger partial charge >= 0.3 is 5.97 Å². The van der Waals surface area contributed by atoms with Crippen LogP contribution in [0, 0.1) is 19.8 Å². The summed E-state index contributed by atoms with van der Waals surface area (Å²) in [5, 5.41) is 1.14. The van der Waals surface area contributed by atoms with E-state index in [1.54, 1.807) is 6.92 Å². The van der Waals surface area contributed by atoms with Crippen molar-refractivity contribution >= 4 is 17.0 Å². The molecule has 0 aliphatic rings. The first kappa shape index (κ1) is 19.9. The second kappa shape index (κ2) is 8.46. The number of carbonyl (C=O) groups excluding carboxylic acids is 1. The summed E-state index contributed by atoms with van der Waals surface area (Å²) in [4.78, 5) is 16.7. The quantitative estimate of drug-likeness (QED) is 0.559. The Hall–Kier alpha value is -2.82. The number of fused-ring (bicyclic) bond motifs is 1. The maximum atomic E-state index is 12.1. The van der Waals surface area contributed by atoms with Crippen molar-refractivity contribution in [2.45, 2.75) is 47.3 Å². The van der Waals surface area contributed by atoms with Crippen LogP contribution < -0.4 is 4.74 Å². The van der Waals surface area contributed by atoms with Crippen LogP contribution in [-0.2, 0) is 16.1 Å². The van der Waals surface area contributed by atoms with Gasteiger partial charge in [0.15, 0.2) is 6.10 Å². The van der Waals surface area contributed by atoms with E-state index >= 15 is 0 Å². The van der Waals surface area contributed by atoms with E-state index in [9.17, 15) is 4.79 Å². The maximum absolute atomic E-state index is 12.1. The summed E-state index contributed by atoms with van der Waals surface area (Å²) in [7, 11) is 0.